The van der Waals surface area contributed by atoms with Gasteiger partial charge in [0.15, 0.2) is 0 Å². The summed E-state index contributed by atoms with van der Waals surface area (Å²) in [6.45, 7) is 10.1. The largest absolute Gasteiger partial charge is 0.114 e. The molecule has 0 amide bonds. The van der Waals surface area contributed by atoms with E-state index in [4.69, 9.17) is 7.74 Å². The molecular weight excluding hydrogens is 363 g/mol. The van der Waals surface area contributed by atoms with Gasteiger partial charge in [0, 0.05) is 40.4 Å². The molecule has 0 spiro atoms. The molecule has 3 heteroatoms. The van der Waals surface area contributed by atoms with Gasteiger partial charge in [-0.2, -0.15) is 0 Å². The molecule has 0 N–H and O–H groups in total. The van der Waals surface area contributed by atoms with E-state index >= 15 is 0 Å². The van der Waals surface area contributed by atoms with Crippen molar-refractivity contribution in [2.24, 2.45) is 0 Å². The van der Waals surface area contributed by atoms with E-state index < -0.39 is 0 Å². The smallest absolute Gasteiger partial charge is 0.0906 e. The van der Waals surface area contributed by atoms with Gasteiger partial charge >= 0.3 is 0 Å². The minimum Gasteiger partial charge on any atom is -0.114 e. The second-order valence-corrected chi connectivity index (χ2v) is 4.72. The van der Waals surface area contributed by atoms with Crippen molar-refractivity contribution < 1.29 is 32.7 Å². The van der Waals surface area contributed by atoms with Crippen molar-refractivity contribution in [1.82, 2.24) is 0 Å². The van der Waals surface area contributed by atoms with Crippen LogP contribution in [0.5, 0.6) is 0 Å². The quantitative estimate of drug-likeness (QED) is 0.457. The summed E-state index contributed by atoms with van der Waals surface area (Å²) in [7, 11) is 7.44. The molecule has 0 bridgehead atoms. The van der Waals surface area contributed by atoms with Crippen LogP contribution in [0.25, 0.3) is 5.57 Å². The fraction of sp³-hybridized carbons (Fsp3) is 0.333. The van der Waals surface area contributed by atoms with Crippen LogP contribution in [0.1, 0.15) is 64.3 Å². The number of rotatable bonds is 1. The molecule has 1 aliphatic rings. The minimum atomic E-state index is 0. The fourth-order valence-electron chi connectivity index (χ4n) is 2.70. The van der Waals surface area contributed by atoms with E-state index in [9.17, 15) is 0 Å². The van der Waals surface area contributed by atoms with Crippen molar-refractivity contribution in [3.05, 3.63) is 76.3 Å². The van der Waals surface area contributed by atoms with Crippen molar-refractivity contribution in [1.29, 1.82) is 0 Å². The number of allylic oxidation sites excluding steroid dienone is 1. The zero-order chi connectivity index (χ0) is 16.5. The van der Waals surface area contributed by atoms with Gasteiger partial charge in [-0.15, -0.1) is 5.47 Å². The molecular formula is C21H29B2Y. The molecule has 0 atom stereocenters. The summed E-state index contributed by atoms with van der Waals surface area (Å²) >= 11 is 0. The maximum Gasteiger partial charge on any atom is 0.0906 e. The van der Waals surface area contributed by atoms with Crippen molar-refractivity contribution >= 4 is 20.5 Å². The Labute approximate surface area is 177 Å². The summed E-state index contributed by atoms with van der Waals surface area (Å²) in [4.78, 5) is 0. The molecule has 122 valence electrons. The van der Waals surface area contributed by atoms with Crippen molar-refractivity contribution in [3.8, 4) is 0 Å². The second-order valence-electron chi connectivity index (χ2n) is 4.72. The molecule has 0 heterocycles. The van der Waals surface area contributed by atoms with Crippen molar-refractivity contribution in [2.45, 2.75) is 48.5 Å². The van der Waals surface area contributed by atoms with Gasteiger partial charge in [-0.1, -0.05) is 90.6 Å². The molecule has 0 nitrogen and oxygen atoms in total. The van der Waals surface area contributed by atoms with E-state index in [1.807, 2.05) is 27.7 Å². The molecule has 2 aromatic rings. The van der Waals surface area contributed by atoms with Gasteiger partial charge in [0.25, 0.3) is 0 Å². The van der Waals surface area contributed by atoms with Crippen LogP contribution in [-0.2, 0) is 39.1 Å². The van der Waals surface area contributed by atoms with Crippen molar-refractivity contribution in [2.75, 3.05) is 0 Å². The van der Waals surface area contributed by atoms with Crippen molar-refractivity contribution in [3.63, 3.8) is 0 Å². The molecule has 0 aromatic heterocycles. The third-order valence-electron chi connectivity index (χ3n) is 3.60. The zero-order valence-corrected chi connectivity index (χ0v) is 17.9. The van der Waals surface area contributed by atoms with E-state index in [1.165, 1.54) is 27.8 Å². The summed E-state index contributed by atoms with van der Waals surface area (Å²) < 4.78 is 0. The van der Waals surface area contributed by atoms with E-state index in [0.29, 0.717) is 0 Å². The molecule has 0 saturated carbocycles. The molecule has 4 radical (unpaired) electrons. The van der Waals surface area contributed by atoms with Gasteiger partial charge in [0.2, 0.25) is 0 Å². The summed E-state index contributed by atoms with van der Waals surface area (Å²) in [6, 6.07) is 17.2. The molecule has 0 unspecified atom stereocenters. The summed E-state index contributed by atoms with van der Waals surface area (Å²) in [5.74, 6) is 0. The third-order valence-corrected chi connectivity index (χ3v) is 3.60. The molecule has 24 heavy (non-hydrogen) atoms. The average molecular weight is 392 g/mol. The standard InChI is InChI=1S/C16H13B2.2C2H6.CH4.Y/c1-11(18-17)16-14-8-4-2-6-12(14)10-13-7-3-5-9-15(13)16;2*1-2;;/h2-9H,10H2,1H3;2*1-2H3;1H4;. The Morgan fingerprint density at radius 3 is 1.58 bits per heavy atom. The first-order valence-corrected chi connectivity index (χ1v) is 8.23. The van der Waals surface area contributed by atoms with E-state index in [2.05, 4.69) is 55.5 Å². The van der Waals surface area contributed by atoms with Crippen LogP contribution in [0.2, 0.25) is 0 Å². The number of fused-ring (bicyclic) bond motifs is 2. The first-order chi connectivity index (χ1) is 10.8. The Morgan fingerprint density at radius 1 is 0.833 bits per heavy atom. The summed E-state index contributed by atoms with van der Waals surface area (Å²) in [5.41, 5.74) is 7.80. The monoisotopic (exact) mass is 392 g/mol. The Balaban J connectivity index is 0. The fourth-order valence-corrected chi connectivity index (χ4v) is 2.70. The number of hydrogen-bond acceptors (Lipinski definition) is 0. The van der Waals surface area contributed by atoms with Crippen LogP contribution in [0, 0.1) is 0 Å². The second kappa shape index (κ2) is 13.7. The third kappa shape index (κ3) is 5.74. The van der Waals surface area contributed by atoms with Gasteiger partial charge < -0.3 is 0 Å². The number of benzene rings is 2. The summed E-state index contributed by atoms with van der Waals surface area (Å²) in [6.07, 6.45) is 1.01. The van der Waals surface area contributed by atoms with Gasteiger partial charge in [-0.25, -0.2) is 0 Å². The maximum atomic E-state index is 5.73. The first kappa shape index (κ1) is 25.7. The Kier molecular flexibility index (Phi) is 14.6. The predicted molar refractivity (Wildman–Crippen MR) is 108 cm³/mol. The van der Waals surface area contributed by atoms with Crippen LogP contribution in [0.3, 0.4) is 0 Å². The molecule has 1 aliphatic carbocycles. The molecule has 0 saturated heterocycles. The predicted octanol–water partition coefficient (Wildman–Crippen LogP) is 5.84. The van der Waals surface area contributed by atoms with Gasteiger partial charge in [0.1, 0.15) is 0 Å². The SMILES string of the molecule is C.CC.CC.[B][B]C(C)=C1c2ccccc2Cc2ccccc21.[Y]. The zero-order valence-electron chi connectivity index (χ0n) is 15.1. The van der Waals surface area contributed by atoms with Crippen LogP contribution in [-0.4, -0.2) is 14.9 Å². The van der Waals surface area contributed by atoms with Crippen LogP contribution in [0.4, 0.5) is 0 Å². The first-order valence-electron chi connectivity index (χ1n) is 8.23. The van der Waals surface area contributed by atoms with E-state index in [-0.39, 0.29) is 40.1 Å². The maximum absolute atomic E-state index is 5.73. The van der Waals surface area contributed by atoms with Crippen LogP contribution >= 0.6 is 0 Å². The average Bonchev–Trinajstić information content (AvgIpc) is 2.62. The van der Waals surface area contributed by atoms with Gasteiger partial charge in [-0.3, -0.25) is 0 Å². The normalized spacial score (nSPS) is 9.96. The molecule has 0 aliphatic heterocycles. The Morgan fingerprint density at radius 2 is 1.21 bits per heavy atom. The summed E-state index contributed by atoms with van der Waals surface area (Å²) in [5, 5.41) is 0. The number of hydrogen-bond donors (Lipinski definition) is 0. The molecule has 3 rings (SSSR count). The van der Waals surface area contributed by atoms with Gasteiger partial charge in [0.05, 0.1) is 7.17 Å². The topological polar surface area (TPSA) is 0 Å². The van der Waals surface area contributed by atoms with E-state index in [1.54, 1.807) is 7.17 Å². The molecule has 2 aromatic carbocycles. The van der Waals surface area contributed by atoms with E-state index in [0.717, 1.165) is 11.9 Å². The van der Waals surface area contributed by atoms with Crippen LogP contribution in [0.15, 0.2) is 54.0 Å². The molecule has 0 fully saturated rings. The Bertz CT molecular complexity index is 586. The minimum absolute atomic E-state index is 0. The van der Waals surface area contributed by atoms with Crippen LogP contribution < -0.4 is 0 Å². The Hall–Kier alpha value is -0.586. The van der Waals surface area contributed by atoms with Gasteiger partial charge in [-0.05, 0) is 34.2 Å².